The molecule has 27 heavy (non-hydrogen) atoms. The Labute approximate surface area is 157 Å². The van der Waals surface area contributed by atoms with Crippen LogP contribution in [0.25, 0.3) is 10.9 Å². The number of hydrogen-bond acceptors (Lipinski definition) is 6. The number of amides is 1. The third-order valence-corrected chi connectivity index (χ3v) is 4.97. The van der Waals surface area contributed by atoms with Gasteiger partial charge in [-0.15, -0.1) is 0 Å². The first-order valence-electron chi connectivity index (χ1n) is 9.15. The van der Waals surface area contributed by atoms with E-state index in [9.17, 15) is 9.59 Å². The number of hydrogen-bond donors (Lipinski definition) is 1. The second kappa shape index (κ2) is 8.28. The Kier molecular flexibility index (Phi) is 5.83. The molecule has 0 radical (unpaired) electrons. The third kappa shape index (κ3) is 4.15. The minimum absolute atomic E-state index is 0.000974. The Balaban J connectivity index is 1.69. The highest BCUT2D eigenvalue weighted by Gasteiger charge is 2.28. The number of rotatable bonds is 5. The molecule has 1 aliphatic rings. The zero-order chi connectivity index (χ0) is 19.4. The van der Waals surface area contributed by atoms with Crippen LogP contribution in [-0.2, 0) is 4.74 Å². The van der Waals surface area contributed by atoms with Gasteiger partial charge in [0.1, 0.15) is 0 Å². The van der Waals surface area contributed by atoms with Crippen LogP contribution in [0.4, 0.5) is 4.79 Å². The van der Waals surface area contributed by atoms with Gasteiger partial charge in [-0.3, -0.25) is 4.79 Å². The first-order chi connectivity index (χ1) is 13.0. The first-order valence-corrected chi connectivity index (χ1v) is 9.15. The van der Waals surface area contributed by atoms with Crippen LogP contribution in [0.5, 0.6) is 11.5 Å². The average Bonchev–Trinajstić information content (AvgIpc) is 2.68. The molecule has 1 heterocycles. The van der Waals surface area contributed by atoms with Crippen molar-refractivity contribution in [1.29, 1.82) is 0 Å². The summed E-state index contributed by atoms with van der Waals surface area (Å²) in [7, 11) is 3.34. The van der Waals surface area contributed by atoms with Crippen LogP contribution >= 0.6 is 0 Å². The summed E-state index contributed by atoms with van der Waals surface area (Å²) in [6, 6.07) is 3.53. The molecule has 1 aromatic heterocycles. The van der Waals surface area contributed by atoms with Gasteiger partial charge in [0, 0.05) is 19.2 Å². The van der Waals surface area contributed by atoms with Gasteiger partial charge in [-0.2, -0.15) is 0 Å². The highest BCUT2D eigenvalue weighted by molar-refractivity contribution is 5.81. The molecule has 0 aliphatic heterocycles. The Hall–Kier alpha value is -2.77. The number of carbonyl (C=O) groups excluding carboxylic acids is 1. The van der Waals surface area contributed by atoms with E-state index in [1.807, 2.05) is 0 Å². The van der Waals surface area contributed by atoms with E-state index >= 15 is 0 Å². The van der Waals surface area contributed by atoms with Gasteiger partial charge in [-0.1, -0.05) is 0 Å². The predicted octanol–water partition coefficient (Wildman–Crippen LogP) is 2.71. The van der Waals surface area contributed by atoms with E-state index in [1.165, 1.54) is 6.33 Å². The normalized spacial score (nSPS) is 19.5. The lowest BCUT2D eigenvalue weighted by molar-refractivity contribution is 0.0718. The fraction of sp³-hybridized carbons (Fsp3) is 0.526. The molecule has 0 bridgehead atoms. The lowest BCUT2D eigenvalue weighted by Gasteiger charge is -2.34. The fourth-order valence-corrected chi connectivity index (χ4v) is 3.43. The van der Waals surface area contributed by atoms with Crippen LogP contribution < -0.4 is 15.0 Å². The molecule has 146 valence electrons. The summed E-state index contributed by atoms with van der Waals surface area (Å²) >= 11 is 0. The Morgan fingerprint density at radius 2 is 2.00 bits per heavy atom. The van der Waals surface area contributed by atoms with Crippen molar-refractivity contribution in [2.24, 2.45) is 0 Å². The molecular formula is C19H25N3O5. The summed E-state index contributed by atoms with van der Waals surface area (Å²) in [5, 5.41) is 0.462. The molecule has 1 aromatic carbocycles. The number of fused-ring (bicyclic) bond motifs is 1. The van der Waals surface area contributed by atoms with Crippen molar-refractivity contribution in [3.63, 3.8) is 0 Å². The molecule has 0 saturated heterocycles. The standard InChI is InChI=1S/C19H25N3O5/c1-4-26-19(24)22(2)12-5-7-13(8-6-12)27-17-9-14-15(10-16(17)25-3)20-11-21-18(14)23/h9-13H,4-8H2,1-3H3,(H,20,21,23)/t12-,13+. The van der Waals surface area contributed by atoms with E-state index in [0.717, 1.165) is 25.7 Å². The second-order valence-corrected chi connectivity index (χ2v) is 6.61. The summed E-state index contributed by atoms with van der Waals surface area (Å²) in [5.41, 5.74) is 0.343. The molecule has 1 amide bonds. The maximum absolute atomic E-state index is 12.0. The fourth-order valence-electron chi connectivity index (χ4n) is 3.43. The molecule has 1 aliphatic carbocycles. The minimum atomic E-state index is -0.287. The van der Waals surface area contributed by atoms with Crippen LogP contribution in [0.15, 0.2) is 23.3 Å². The van der Waals surface area contributed by atoms with Gasteiger partial charge in [-0.25, -0.2) is 9.78 Å². The van der Waals surface area contributed by atoms with Crippen LogP contribution in [0.3, 0.4) is 0 Å². The van der Waals surface area contributed by atoms with Crippen molar-refractivity contribution >= 4 is 17.0 Å². The minimum Gasteiger partial charge on any atom is -0.493 e. The predicted molar refractivity (Wildman–Crippen MR) is 100 cm³/mol. The average molecular weight is 375 g/mol. The number of methoxy groups -OCH3 is 1. The summed E-state index contributed by atoms with van der Waals surface area (Å²) in [6.07, 6.45) is 4.35. The summed E-state index contributed by atoms with van der Waals surface area (Å²) in [6.45, 7) is 2.17. The molecule has 0 spiro atoms. The van der Waals surface area contributed by atoms with Crippen molar-refractivity contribution in [2.45, 2.75) is 44.8 Å². The lowest BCUT2D eigenvalue weighted by Crippen LogP contribution is -2.41. The number of ether oxygens (including phenoxy) is 3. The second-order valence-electron chi connectivity index (χ2n) is 6.61. The Morgan fingerprint density at radius 3 is 2.67 bits per heavy atom. The van der Waals surface area contributed by atoms with Crippen molar-refractivity contribution in [1.82, 2.24) is 14.9 Å². The zero-order valence-corrected chi connectivity index (χ0v) is 15.9. The summed E-state index contributed by atoms with van der Waals surface area (Å²) in [4.78, 5) is 32.3. The van der Waals surface area contributed by atoms with Crippen molar-refractivity contribution in [2.75, 3.05) is 20.8 Å². The van der Waals surface area contributed by atoms with Crippen molar-refractivity contribution < 1.29 is 19.0 Å². The highest BCUT2D eigenvalue weighted by atomic mass is 16.6. The van der Waals surface area contributed by atoms with Gasteiger partial charge in [0.15, 0.2) is 11.5 Å². The Bertz CT molecular complexity index is 858. The molecule has 1 N–H and O–H groups in total. The van der Waals surface area contributed by atoms with Gasteiger partial charge >= 0.3 is 6.09 Å². The molecule has 2 aromatic rings. The monoisotopic (exact) mass is 375 g/mol. The first kappa shape index (κ1) is 19.0. The quantitative estimate of drug-likeness (QED) is 0.864. The van der Waals surface area contributed by atoms with Gasteiger partial charge in [0.05, 0.1) is 37.1 Å². The highest BCUT2D eigenvalue weighted by Crippen LogP contribution is 2.34. The number of nitrogens with zero attached hydrogens (tertiary/aromatic N) is 2. The Morgan fingerprint density at radius 1 is 1.26 bits per heavy atom. The topological polar surface area (TPSA) is 93.8 Å². The van der Waals surface area contributed by atoms with E-state index in [4.69, 9.17) is 14.2 Å². The molecule has 0 unspecified atom stereocenters. The molecule has 3 rings (SSSR count). The zero-order valence-electron chi connectivity index (χ0n) is 15.9. The SMILES string of the molecule is CCOC(=O)N(C)[C@H]1CC[C@@H](Oc2cc3c(=O)[nH]cnc3cc2OC)CC1. The van der Waals surface area contributed by atoms with Crippen LogP contribution in [0.2, 0.25) is 0 Å². The summed E-state index contributed by atoms with van der Waals surface area (Å²) < 4.78 is 16.6. The molecule has 8 heteroatoms. The van der Waals surface area contributed by atoms with Crippen LogP contribution in [-0.4, -0.2) is 53.9 Å². The van der Waals surface area contributed by atoms with E-state index < -0.39 is 0 Å². The van der Waals surface area contributed by atoms with E-state index in [0.29, 0.717) is 29.0 Å². The maximum atomic E-state index is 12.0. The number of benzene rings is 1. The van der Waals surface area contributed by atoms with Gasteiger partial charge in [-0.05, 0) is 38.7 Å². The van der Waals surface area contributed by atoms with E-state index in [2.05, 4.69) is 9.97 Å². The van der Waals surface area contributed by atoms with E-state index in [-0.39, 0.29) is 23.8 Å². The van der Waals surface area contributed by atoms with Gasteiger partial charge in [0.25, 0.3) is 5.56 Å². The molecule has 1 saturated carbocycles. The van der Waals surface area contributed by atoms with Crippen LogP contribution in [0, 0.1) is 0 Å². The maximum Gasteiger partial charge on any atom is 0.409 e. The molecule has 1 fully saturated rings. The smallest absolute Gasteiger partial charge is 0.409 e. The van der Waals surface area contributed by atoms with Gasteiger partial charge in [0.2, 0.25) is 0 Å². The molecule has 0 atom stereocenters. The number of aromatic nitrogens is 2. The van der Waals surface area contributed by atoms with Crippen molar-refractivity contribution in [3.8, 4) is 11.5 Å². The third-order valence-electron chi connectivity index (χ3n) is 4.97. The van der Waals surface area contributed by atoms with Crippen LogP contribution in [0.1, 0.15) is 32.6 Å². The molecular weight excluding hydrogens is 350 g/mol. The molecule has 8 nitrogen and oxygen atoms in total. The van der Waals surface area contributed by atoms with Crippen molar-refractivity contribution in [3.05, 3.63) is 28.8 Å². The number of nitrogens with one attached hydrogen (secondary N) is 1. The lowest BCUT2D eigenvalue weighted by atomic mass is 9.92. The van der Waals surface area contributed by atoms with Gasteiger partial charge < -0.3 is 24.1 Å². The number of aromatic amines is 1. The number of H-pyrrole nitrogens is 1. The number of carbonyl (C=O) groups is 1. The largest absolute Gasteiger partial charge is 0.493 e. The summed E-state index contributed by atoms with van der Waals surface area (Å²) in [5.74, 6) is 1.08. The van der Waals surface area contributed by atoms with E-state index in [1.54, 1.807) is 38.1 Å².